The van der Waals surface area contributed by atoms with Crippen molar-refractivity contribution in [1.29, 1.82) is 0 Å². The molecule has 21 heavy (non-hydrogen) atoms. The first-order valence-corrected chi connectivity index (χ1v) is 7.83. The van der Waals surface area contributed by atoms with Crippen molar-refractivity contribution in [2.75, 3.05) is 11.1 Å². The average Bonchev–Trinajstić information content (AvgIpc) is 2.37. The van der Waals surface area contributed by atoms with Gasteiger partial charge in [-0.1, -0.05) is 29.3 Å². The molecule has 0 aliphatic carbocycles. The zero-order valence-electron chi connectivity index (χ0n) is 10.4. The zero-order valence-corrected chi connectivity index (χ0v) is 12.7. The fourth-order valence-corrected chi connectivity index (χ4v) is 2.86. The highest BCUT2D eigenvalue weighted by Gasteiger charge is 2.15. The van der Waals surface area contributed by atoms with Crippen LogP contribution in [0.2, 0.25) is 10.0 Å². The van der Waals surface area contributed by atoms with E-state index in [0.717, 1.165) is 0 Å². The van der Waals surface area contributed by atoms with Crippen LogP contribution in [-0.4, -0.2) is 8.42 Å². The van der Waals surface area contributed by atoms with Crippen molar-refractivity contribution in [3.8, 4) is 0 Å². The first-order valence-electron chi connectivity index (χ1n) is 5.53. The van der Waals surface area contributed by atoms with E-state index in [1.165, 1.54) is 30.3 Å². The number of para-hydroxylation sites is 1. The molecule has 0 radical (unpaired) electrons. The molecule has 0 aromatic heterocycles. The zero-order chi connectivity index (χ0) is 15.8. The molecule has 0 fully saturated rings. The Bertz CT molecular complexity index is 789. The van der Waals surface area contributed by atoms with E-state index in [0.29, 0.717) is 5.69 Å². The number of hydrogen-bond acceptors (Lipinski definition) is 4. The Morgan fingerprint density at radius 2 is 1.71 bits per heavy atom. The molecule has 0 spiro atoms. The number of sulfonamides is 1. The molecule has 0 aliphatic rings. The molecular weight excluding hydrogens is 340 g/mol. The maximum atomic E-state index is 13.3. The summed E-state index contributed by atoms with van der Waals surface area (Å²) in [6.07, 6.45) is 0. The number of halogens is 3. The van der Waals surface area contributed by atoms with Gasteiger partial charge in [0.05, 0.1) is 21.4 Å². The predicted molar refractivity (Wildman–Crippen MR) is 81.9 cm³/mol. The Labute approximate surface area is 130 Å². The molecule has 2 aromatic carbocycles. The fourth-order valence-electron chi connectivity index (χ4n) is 1.68. The van der Waals surface area contributed by atoms with Crippen LogP contribution >= 0.6 is 23.2 Å². The first kappa shape index (κ1) is 15.8. The topological polar surface area (TPSA) is 98.2 Å². The lowest BCUT2D eigenvalue weighted by Crippen LogP contribution is -2.15. The van der Waals surface area contributed by atoms with Crippen LogP contribution in [-0.2, 0) is 10.0 Å². The van der Waals surface area contributed by atoms with Crippen LogP contribution < -0.4 is 16.2 Å². The van der Waals surface area contributed by atoms with Crippen LogP contribution in [0.5, 0.6) is 0 Å². The largest absolute Gasteiger partial charge is 0.396 e. The summed E-state index contributed by atoms with van der Waals surface area (Å²) in [5.74, 6) is -0.741. The number of nitrogens with one attached hydrogen (secondary N) is 1. The van der Waals surface area contributed by atoms with Crippen LogP contribution in [0.15, 0.2) is 35.2 Å². The van der Waals surface area contributed by atoms with Gasteiger partial charge in [-0.3, -0.25) is 0 Å². The average molecular weight is 350 g/mol. The SMILES string of the molecule is Nc1c(Nc2cc(Cl)c(F)c(Cl)c2)cccc1S(N)(=O)=O. The minimum absolute atomic E-state index is 0.0587. The van der Waals surface area contributed by atoms with Crippen molar-refractivity contribution in [2.24, 2.45) is 5.14 Å². The highest BCUT2D eigenvalue weighted by atomic mass is 35.5. The van der Waals surface area contributed by atoms with Gasteiger partial charge in [0.15, 0.2) is 5.82 Å². The summed E-state index contributed by atoms with van der Waals surface area (Å²) in [6.45, 7) is 0. The van der Waals surface area contributed by atoms with E-state index in [1.54, 1.807) is 0 Å². The summed E-state index contributed by atoms with van der Waals surface area (Å²) in [5, 5.41) is 7.52. The Kier molecular flexibility index (Phi) is 4.29. The Hall–Kier alpha value is -1.54. The van der Waals surface area contributed by atoms with Gasteiger partial charge in [-0.05, 0) is 24.3 Å². The molecule has 0 saturated heterocycles. The molecule has 0 unspecified atom stereocenters. The third-order valence-electron chi connectivity index (χ3n) is 2.64. The third kappa shape index (κ3) is 3.38. The molecule has 0 atom stereocenters. The van der Waals surface area contributed by atoms with Gasteiger partial charge in [-0.15, -0.1) is 0 Å². The number of benzene rings is 2. The smallest absolute Gasteiger partial charge is 0.240 e. The number of rotatable bonds is 3. The molecule has 0 heterocycles. The molecule has 0 amide bonds. The molecule has 2 aromatic rings. The van der Waals surface area contributed by atoms with Crippen molar-refractivity contribution in [1.82, 2.24) is 0 Å². The summed E-state index contributed by atoms with van der Waals surface area (Å²) < 4.78 is 36.1. The normalized spacial score (nSPS) is 11.4. The summed E-state index contributed by atoms with van der Waals surface area (Å²) in [4.78, 5) is -0.216. The van der Waals surface area contributed by atoms with Crippen LogP contribution in [0.3, 0.4) is 0 Å². The quantitative estimate of drug-likeness (QED) is 0.585. The molecule has 0 saturated carbocycles. The maximum Gasteiger partial charge on any atom is 0.240 e. The Morgan fingerprint density at radius 3 is 2.24 bits per heavy atom. The summed E-state index contributed by atoms with van der Waals surface area (Å²) in [6, 6.07) is 6.87. The lowest BCUT2D eigenvalue weighted by molar-refractivity contribution is 0.598. The highest BCUT2D eigenvalue weighted by Crippen LogP contribution is 2.32. The van der Waals surface area contributed by atoms with E-state index >= 15 is 0 Å². The van der Waals surface area contributed by atoms with Gasteiger partial charge in [-0.2, -0.15) is 0 Å². The summed E-state index contributed by atoms with van der Waals surface area (Å²) >= 11 is 11.4. The van der Waals surface area contributed by atoms with Gasteiger partial charge < -0.3 is 11.1 Å². The molecule has 0 aliphatic heterocycles. The van der Waals surface area contributed by atoms with Gasteiger partial charge in [0.2, 0.25) is 10.0 Å². The third-order valence-corrected chi connectivity index (χ3v) is 4.15. The van der Waals surface area contributed by atoms with Gasteiger partial charge in [0.1, 0.15) is 4.90 Å². The number of nitrogen functional groups attached to an aromatic ring is 1. The van der Waals surface area contributed by atoms with Gasteiger partial charge >= 0.3 is 0 Å². The Balaban J connectivity index is 2.46. The summed E-state index contributed by atoms with van der Waals surface area (Å²) in [7, 11) is -3.95. The lowest BCUT2D eigenvalue weighted by Gasteiger charge is -2.13. The molecule has 2 rings (SSSR count). The van der Waals surface area contributed by atoms with Crippen LogP contribution in [0.4, 0.5) is 21.5 Å². The number of primary sulfonamides is 1. The van der Waals surface area contributed by atoms with E-state index in [2.05, 4.69) is 5.32 Å². The second-order valence-electron chi connectivity index (χ2n) is 4.14. The van der Waals surface area contributed by atoms with E-state index in [-0.39, 0.29) is 26.3 Å². The van der Waals surface area contributed by atoms with Gasteiger partial charge in [0.25, 0.3) is 0 Å². The van der Waals surface area contributed by atoms with Crippen molar-refractivity contribution in [2.45, 2.75) is 4.90 Å². The van der Waals surface area contributed by atoms with E-state index in [4.69, 9.17) is 34.1 Å². The number of hydrogen-bond donors (Lipinski definition) is 3. The van der Waals surface area contributed by atoms with E-state index < -0.39 is 15.8 Å². The molecule has 5 N–H and O–H groups in total. The molecule has 0 bridgehead atoms. The van der Waals surface area contributed by atoms with Crippen molar-refractivity contribution in [3.05, 3.63) is 46.2 Å². The molecular formula is C12H10Cl2FN3O2S. The van der Waals surface area contributed by atoms with Gasteiger partial charge in [-0.25, -0.2) is 17.9 Å². The standard InChI is InChI=1S/C12H10Cl2FN3O2S/c13-7-4-6(5-8(14)11(7)15)18-9-2-1-3-10(12(9)16)21(17,19)20/h1-5,18H,16H2,(H2,17,19,20). The van der Waals surface area contributed by atoms with Crippen LogP contribution in [0, 0.1) is 5.82 Å². The maximum absolute atomic E-state index is 13.3. The van der Waals surface area contributed by atoms with E-state index in [1.807, 2.05) is 0 Å². The molecule has 5 nitrogen and oxygen atoms in total. The molecule has 112 valence electrons. The minimum Gasteiger partial charge on any atom is -0.396 e. The Morgan fingerprint density at radius 1 is 1.14 bits per heavy atom. The number of nitrogens with two attached hydrogens (primary N) is 2. The van der Waals surface area contributed by atoms with Crippen LogP contribution in [0.1, 0.15) is 0 Å². The first-order chi connectivity index (χ1) is 9.70. The van der Waals surface area contributed by atoms with Crippen LogP contribution in [0.25, 0.3) is 0 Å². The monoisotopic (exact) mass is 349 g/mol. The van der Waals surface area contributed by atoms with Gasteiger partial charge in [0, 0.05) is 5.69 Å². The minimum atomic E-state index is -3.95. The van der Waals surface area contributed by atoms with Crippen molar-refractivity contribution in [3.63, 3.8) is 0 Å². The van der Waals surface area contributed by atoms with Crippen molar-refractivity contribution >= 4 is 50.3 Å². The number of anilines is 3. The lowest BCUT2D eigenvalue weighted by atomic mass is 10.2. The second kappa shape index (κ2) is 5.69. The fraction of sp³-hybridized carbons (Fsp3) is 0. The molecule has 9 heteroatoms. The second-order valence-corrected chi connectivity index (χ2v) is 6.49. The van der Waals surface area contributed by atoms with E-state index in [9.17, 15) is 12.8 Å². The summed E-state index contributed by atoms with van der Waals surface area (Å²) in [5.41, 5.74) is 6.33. The van der Waals surface area contributed by atoms with Crippen molar-refractivity contribution < 1.29 is 12.8 Å². The predicted octanol–water partition coefficient (Wildman–Crippen LogP) is 3.11. The highest BCUT2D eigenvalue weighted by molar-refractivity contribution is 7.89.